The van der Waals surface area contributed by atoms with E-state index in [1.165, 1.54) is 6.07 Å². The molecule has 5 heteroatoms. The van der Waals surface area contributed by atoms with Crippen LogP contribution in [0.4, 0.5) is 0 Å². The normalized spacial score (nSPS) is 10.6. The lowest BCUT2D eigenvalue weighted by atomic mass is 10.1. The fourth-order valence-corrected chi connectivity index (χ4v) is 2.06. The molecule has 0 spiro atoms. The van der Waals surface area contributed by atoms with Crippen molar-refractivity contribution < 1.29 is 13.9 Å². The molecule has 0 aliphatic carbocycles. The zero-order chi connectivity index (χ0) is 15.2. The highest BCUT2D eigenvalue weighted by atomic mass is 16.5. The van der Waals surface area contributed by atoms with Crippen molar-refractivity contribution in [2.24, 2.45) is 0 Å². The Morgan fingerprint density at radius 2 is 2.10 bits per heavy atom. The lowest BCUT2D eigenvalue weighted by Gasteiger charge is -2.08. The van der Waals surface area contributed by atoms with E-state index in [1.807, 2.05) is 13.8 Å². The summed E-state index contributed by atoms with van der Waals surface area (Å²) in [6, 6.07) is 6.35. The monoisotopic (exact) mass is 289 g/mol. The van der Waals surface area contributed by atoms with Gasteiger partial charge in [-0.3, -0.25) is 4.79 Å². The topological polar surface area (TPSA) is 68.5 Å². The molecule has 0 unspecified atom stereocenters. The number of amides is 1. The molecule has 1 aromatic carbocycles. The number of nitrogens with one attached hydrogen (secondary N) is 1. The molecule has 0 fully saturated rings. The highest BCUT2D eigenvalue weighted by molar-refractivity contribution is 6.05. The molecular weight excluding hydrogens is 270 g/mol. The maximum atomic E-state index is 12.2. The molecule has 5 nitrogen and oxygen atoms in total. The van der Waals surface area contributed by atoms with Crippen LogP contribution in [0, 0.1) is 0 Å². The average Bonchev–Trinajstić information content (AvgIpc) is 2.46. The van der Waals surface area contributed by atoms with Crippen LogP contribution >= 0.6 is 0 Å². The number of carbonyl (C=O) groups excluding carboxylic acids is 1. The third-order valence-corrected chi connectivity index (χ3v) is 3.09. The Kier molecular flexibility index (Phi) is 4.98. The Labute approximate surface area is 122 Å². The Morgan fingerprint density at radius 3 is 2.81 bits per heavy atom. The van der Waals surface area contributed by atoms with E-state index in [9.17, 15) is 9.59 Å². The van der Waals surface area contributed by atoms with Crippen molar-refractivity contribution >= 4 is 16.9 Å². The van der Waals surface area contributed by atoms with Gasteiger partial charge in [0.05, 0.1) is 12.2 Å². The first-order valence-corrected chi connectivity index (χ1v) is 7.14. The molecule has 0 radical (unpaired) electrons. The largest absolute Gasteiger partial charge is 0.494 e. The highest BCUT2D eigenvalue weighted by Crippen LogP contribution is 2.22. The average molecular weight is 289 g/mol. The number of fused-ring (bicyclic) bond motifs is 1. The number of hydrogen-bond donors (Lipinski definition) is 1. The quantitative estimate of drug-likeness (QED) is 0.656. The van der Waals surface area contributed by atoms with Gasteiger partial charge >= 0.3 is 5.63 Å². The minimum absolute atomic E-state index is 0.259. The highest BCUT2D eigenvalue weighted by Gasteiger charge is 2.13. The number of hydrogen-bond acceptors (Lipinski definition) is 4. The van der Waals surface area contributed by atoms with E-state index in [0.29, 0.717) is 35.4 Å². The predicted molar refractivity (Wildman–Crippen MR) is 80.9 cm³/mol. The summed E-state index contributed by atoms with van der Waals surface area (Å²) in [6.07, 6.45) is 1.90. The first kappa shape index (κ1) is 15.1. The van der Waals surface area contributed by atoms with E-state index in [2.05, 4.69) is 5.32 Å². The van der Waals surface area contributed by atoms with Gasteiger partial charge in [0, 0.05) is 24.1 Å². The molecule has 0 bridgehead atoms. The standard InChI is InChI=1S/C16H19NO4/c1-3-5-8-17-16(19)13-10-15(18)21-14-9-11(20-4-2)6-7-12(13)14/h6-7,9-10H,3-5,8H2,1-2H3,(H,17,19). The Balaban J connectivity index is 2.39. The molecule has 2 rings (SSSR count). The molecule has 1 aromatic heterocycles. The molecule has 112 valence electrons. The van der Waals surface area contributed by atoms with E-state index in [4.69, 9.17) is 9.15 Å². The summed E-state index contributed by atoms with van der Waals surface area (Å²) in [5.74, 6) is 0.349. The van der Waals surface area contributed by atoms with E-state index in [0.717, 1.165) is 12.8 Å². The van der Waals surface area contributed by atoms with Crippen LogP contribution in [0.1, 0.15) is 37.0 Å². The van der Waals surface area contributed by atoms with Gasteiger partial charge < -0.3 is 14.5 Å². The van der Waals surface area contributed by atoms with Gasteiger partial charge in [0.15, 0.2) is 0 Å². The number of unbranched alkanes of at least 4 members (excludes halogenated alkanes) is 1. The van der Waals surface area contributed by atoms with Gasteiger partial charge in [-0.1, -0.05) is 13.3 Å². The van der Waals surface area contributed by atoms with E-state index in [-0.39, 0.29) is 5.91 Å². The summed E-state index contributed by atoms with van der Waals surface area (Å²) < 4.78 is 10.5. The summed E-state index contributed by atoms with van der Waals surface area (Å²) in [6.45, 7) is 5.03. The molecule has 1 heterocycles. The summed E-state index contributed by atoms with van der Waals surface area (Å²) in [4.78, 5) is 23.8. The number of rotatable bonds is 6. The van der Waals surface area contributed by atoms with Gasteiger partial charge in [-0.05, 0) is 25.5 Å². The smallest absolute Gasteiger partial charge is 0.337 e. The van der Waals surface area contributed by atoms with E-state index >= 15 is 0 Å². The molecule has 21 heavy (non-hydrogen) atoms. The second-order valence-electron chi connectivity index (χ2n) is 4.68. The van der Waals surface area contributed by atoms with Crippen LogP contribution in [-0.2, 0) is 0 Å². The molecule has 0 saturated heterocycles. The van der Waals surface area contributed by atoms with Crippen molar-refractivity contribution in [3.8, 4) is 5.75 Å². The first-order chi connectivity index (χ1) is 10.2. The zero-order valence-electron chi connectivity index (χ0n) is 12.3. The third kappa shape index (κ3) is 3.62. The molecule has 1 N–H and O–H groups in total. The van der Waals surface area contributed by atoms with E-state index < -0.39 is 5.63 Å². The molecule has 0 aliphatic heterocycles. The zero-order valence-corrected chi connectivity index (χ0v) is 12.3. The second kappa shape index (κ2) is 6.92. The lowest BCUT2D eigenvalue weighted by Crippen LogP contribution is -2.25. The van der Waals surface area contributed by atoms with Crippen LogP contribution < -0.4 is 15.7 Å². The predicted octanol–water partition coefficient (Wildman–Crippen LogP) is 2.72. The van der Waals surface area contributed by atoms with Crippen molar-refractivity contribution in [3.05, 3.63) is 40.2 Å². The molecule has 2 aromatic rings. The minimum Gasteiger partial charge on any atom is -0.494 e. The van der Waals surface area contributed by atoms with Gasteiger partial charge in [0.2, 0.25) is 0 Å². The van der Waals surface area contributed by atoms with Crippen LogP contribution in [0.15, 0.2) is 33.5 Å². The maximum absolute atomic E-state index is 12.2. The number of benzene rings is 1. The van der Waals surface area contributed by atoms with Crippen LogP contribution in [0.25, 0.3) is 11.0 Å². The van der Waals surface area contributed by atoms with E-state index in [1.54, 1.807) is 18.2 Å². The second-order valence-corrected chi connectivity index (χ2v) is 4.68. The summed E-state index contributed by atoms with van der Waals surface area (Å²) >= 11 is 0. The lowest BCUT2D eigenvalue weighted by molar-refractivity contribution is 0.0954. The fourth-order valence-electron chi connectivity index (χ4n) is 2.06. The van der Waals surface area contributed by atoms with Crippen molar-refractivity contribution in [2.45, 2.75) is 26.7 Å². The molecule has 0 saturated carbocycles. The Morgan fingerprint density at radius 1 is 1.29 bits per heavy atom. The van der Waals surface area contributed by atoms with Gasteiger partial charge in [0.1, 0.15) is 11.3 Å². The maximum Gasteiger partial charge on any atom is 0.337 e. The number of carbonyl (C=O) groups is 1. The summed E-state index contributed by atoms with van der Waals surface area (Å²) in [5.41, 5.74) is 0.145. The van der Waals surface area contributed by atoms with Crippen LogP contribution in [0.5, 0.6) is 5.75 Å². The Hall–Kier alpha value is -2.30. The summed E-state index contributed by atoms with van der Waals surface area (Å²) in [7, 11) is 0. The molecule has 0 atom stereocenters. The van der Waals surface area contributed by atoms with Crippen molar-refractivity contribution in [1.82, 2.24) is 5.32 Å². The third-order valence-electron chi connectivity index (χ3n) is 3.09. The van der Waals surface area contributed by atoms with Crippen LogP contribution in [0.3, 0.4) is 0 Å². The molecular formula is C16H19NO4. The van der Waals surface area contributed by atoms with Gasteiger partial charge in [0.25, 0.3) is 5.91 Å². The SMILES string of the molecule is CCCCNC(=O)c1cc(=O)oc2cc(OCC)ccc12. The van der Waals surface area contributed by atoms with Crippen LogP contribution in [0.2, 0.25) is 0 Å². The van der Waals surface area contributed by atoms with Crippen molar-refractivity contribution in [2.75, 3.05) is 13.2 Å². The van der Waals surface area contributed by atoms with Gasteiger partial charge in [-0.25, -0.2) is 4.79 Å². The first-order valence-electron chi connectivity index (χ1n) is 7.14. The fraction of sp³-hybridized carbons (Fsp3) is 0.375. The van der Waals surface area contributed by atoms with Gasteiger partial charge in [-0.15, -0.1) is 0 Å². The van der Waals surface area contributed by atoms with Crippen molar-refractivity contribution in [3.63, 3.8) is 0 Å². The number of ether oxygens (including phenoxy) is 1. The van der Waals surface area contributed by atoms with Crippen molar-refractivity contribution in [1.29, 1.82) is 0 Å². The minimum atomic E-state index is -0.545. The van der Waals surface area contributed by atoms with Gasteiger partial charge in [-0.2, -0.15) is 0 Å². The Bertz CT molecular complexity index is 690. The summed E-state index contributed by atoms with van der Waals surface area (Å²) in [5, 5.41) is 3.41. The molecule has 1 amide bonds. The molecule has 0 aliphatic rings. The van der Waals surface area contributed by atoms with Crippen LogP contribution in [-0.4, -0.2) is 19.1 Å².